The van der Waals surface area contributed by atoms with Gasteiger partial charge < -0.3 is 19.8 Å². The summed E-state index contributed by atoms with van der Waals surface area (Å²) in [7, 11) is 0. The molecule has 2 aromatic heterocycles. The normalized spacial score (nSPS) is 21.2. The highest BCUT2D eigenvalue weighted by Gasteiger charge is 2.48. The molecule has 10 heteroatoms. The van der Waals surface area contributed by atoms with Gasteiger partial charge in [0.1, 0.15) is 0 Å². The zero-order valence-electron chi connectivity index (χ0n) is 23.4. The molecular weight excluding hydrogens is 534 g/mol. The van der Waals surface area contributed by atoms with Gasteiger partial charge in [-0.15, -0.1) is 11.8 Å². The smallest absolute Gasteiger partial charge is 0.282 e. The van der Waals surface area contributed by atoms with Crippen molar-refractivity contribution in [3.63, 3.8) is 0 Å². The number of hydrogen-bond acceptors (Lipinski definition) is 4. The molecule has 7 nitrogen and oxygen atoms in total. The van der Waals surface area contributed by atoms with E-state index in [1.54, 1.807) is 0 Å². The van der Waals surface area contributed by atoms with Crippen molar-refractivity contribution in [2.45, 2.75) is 69.9 Å². The number of H-pyrrole nitrogens is 1. The molecule has 1 saturated carbocycles. The molecule has 1 atom stereocenters. The number of benzene rings is 1. The Bertz CT molecular complexity index is 1500. The number of nitrogens with one attached hydrogen (secondary N) is 2. The number of pyridine rings is 1. The van der Waals surface area contributed by atoms with Crippen LogP contribution in [0.1, 0.15) is 66.0 Å². The molecule has 1 aliphatic carbocycles. The number of rotatable bonds is 7. The van der Waals surface area contributed by atoms with Crippen LogP contribution in [0.3, 0.4) is 0 Å². The number of aryl methyl sites for hydroxylation is 1. The van der Waals surface area contributed by atoms with Gasteiger partial charge in [0, 0.05) is 51.3 Å². The molecule has 3 heterocycles. The number of nitrogens with zero attached hydrogens (tertiary/aromatic N) is 2. The molecule has 0 spiro atoms. The first-order chi connectivity index (χ1) is 19.0. The quantitative estimate of drug-likeness (QED) is 0.370. The molecule has 40 heavy (non-hydrogen) atoms. The Balaban J connectivity index is 1.33. The third-order valence-corrected chi connectivity index (χ3v) is 9.43. The summed E-state index contributed by atoms with van der Waals surface area (Å²) in [6.07, 6.45) is 4.92. The van der Waals surface area contributed by atoms with Crippen molar-refractivity contribution in [3.05, 3.63) is 63.2 Å². The molecular formula is C30H36F2N4O3S. The van der Waals surface area contributed by atoms with E-state index in [2.05, 4.69) is 21.8 Å². The Hall–Kier alpha value is -3.14. The molecule has 214 valence electrons. The van der Waals surface area contributed by atoms with E-state index in [9.17, 15) is 23.2 Å². The summed E-state index contributed by atoms with van der Waals surface area (Å²) in [4.78, 5) is 43.8. The molecule has 0 radical (unpaired) electrons. The minimum atomic E-state index is -2.74. The van der Waals surface area contributed by atoms with Crippen LogP contribution in [0.4, 0.5) is 8.78 Å². The molecule has 1 aliphatic heterocycles. The van der Waals surface area contributed by atoms with Crippen LogP contribution < -0.4 is 10.9 Å². The zero-order chi connectivity index (χ0) is 28.8. The van der Waals surface area contributed by atoms with Crippen LogP contribution >= 0.6 is 11.8 Å². The second-order valence-electron chi connectivity index (χ2n) is 11.3. The minimum absolute atomic E-state index is 0.0823. The molecule has 3 aromatic rings. The number of alkyl halides is 2. The van der Waals surface area contributed by atoms with Crippen LogP contribution in [-0.2, 0) is 11.3 Å². The van der Waals surface area contributed by atoms with Gasteiger partial charge in [-0.05, 0) is 70.8 Å². The molecule has 5 rings (SSSR count). The summed E-state index contributed by atoms with van der Waals surface area (Å²) in [6, 6.07) is 9.84. The summed E-state index contributed by atoms with van der Waals surface area (Å²) in [5.41, 5.74) is 3.53. The Kier molecular flexibility index (Phi) is 7.83. The largest absolute Gasteiger partial charge is 0.348 e. The van der Waals surface area contributed by atoms with E-state index >= 15 is 0 Å². The van der Waals surface area contributed by atoms with Crippen molar-refractivity contribution < 1.29 is 18.4 Å². The lowest BCUT2D eigenvalue weighted by Crippen LogP contribution is -2.59. The standard InChI is InChI=1S/C30H36F2N4O3S/c1-17-13-25(40-4)23(27(37)34-17)14-33-28(38)26-19(3)36(24-8-6-5-7-22(24)26)18(2)20-9-11-21(12-10-20)29(39)35-15-30(31,32)16-35/h5-8,13,18,20-21H,9-12,14-16H2,1-4H3,(H,33,38)(H,34,37)/t18-,20?,21?/m1/s1. The second-order valence-corrected chi connectivity index (χ2v) is 12.1. The number of aromatic amines is 1. The Morgan fingerprint density at radius 1 is 1.15 bits per heavy atom. The van der Waals surface area contributed by atoms with Crippen molar-refractivity contribution in [2.24, 2.45) is 11.8 Å². The monoisotopic (exact) mass is 570 g/mol. The Labute approximate surface area is 236 Å². The topological polar surface area (TPSA) is 87.2 Å². The van der Waals surface area contributed by atoms with Gasteiger partial charge in [-0.3, -0.25) is 14.4 Å². The van der Waals surface area contributed by atoms with Crippen molar-refractivity contribution >= 4 is 34.5 Å². The van der Waals surface area contributed by atoms with Gasteiger partial charge in [0.2, 0.25) is 5.91 Å². The minimum Gasteiger partial charge on any atom is -0.348 e. The lowest BCUT2D eigenvalue weighted by atomic mass is 9.78. The number of carbonyl (C=O) groups excluding carboxylic acids is 2. The average molecular weight is 571 g/mol. The van der Waals surface area contributed by atoms with Crippen LogP contribution in [0.2, 0.25) is 0 Å². The molecule has 1 aromatic carbocycles. The molecule has 2 amide bonds. The van der Waals surface area contributed by atoms with E-state index in [1.807, 2.05) is 50.4 Å². The molecule has 1 saturated heterocycles. The van der Waals surface area contributed by atoms with Crippen molar-refractivity contribution in [3.8, 4) is 0 Å². The molecule has 2 fully saturated rings. The number of aromatic nitrogens is 2. The Morgan fingerprint density at radius 3 is 2.48 bits per heavy atom. The van der Waals surface area contributed by atoms with Crippen LogP contribution in [0.25, 0.3) is 10.9 Å². The van der Waals surface area contributed by atoms with E-state index in [0.717, 1.165) is 40.0 Å². The summed E-state index contributed by atoms with van der Waals surface area (Å²) >= 11 is 1.48. The maximum atomic E-state index is 13.6. The summed E-state index contributed by atoms with van der Waals surface area (Å²) in [5, 5.41) is 3.84. The van der Waals surface area contributed by atoms with Gasteiger partial charge in [0.25, 0.3) is 17.4 Å². The van der Waals surface area contributed by atoms with Crippen LogP contribution in [0.5, 0.6) is 0 Å². The zero-order valence-corrected chi connectivity index (χ0v) is 24.2. The molecule has 0 unspecified atom stereocenters. The SMILES string of the molecule is CSc1cc(C)[nH]c(=O)c1CNC(=O)c1c(C)n([C@H](C)C2CCC(C(=O)N3CC(F)(F)C3)CC2)c2ccccc12. The highest BCUT2D eigenvalue weighted by molar-refractivity contribution is 7.98. The summed E-state index contributed by atoms with van der Waals surface area (Å²) < 4.78 is 28.7. The van der Waals surface area contributed by atoms with Gasteiger partial charge in [0.05, 0.1) is 18.7 Å². The summed E-state index contributed by atoms with van der Waals surface area (Å²) in [6.45, 7) is 5.15. The summed E-state index contributed by atoms with van der Waals surface area (Å²) in [5.74, 6) is -3.02. The van der Waals surface area contributed by atoms with Gasteiger partial charge in [-0.25, -0.2) is 8.78 Å². The number of hydrogen-bond donors (Lipinski definition) is 2. The maximum Gasteiger partial charge on any atom is 0.282 e. The number of thioether (sulfide) groups is 1. The predicted octanol–water partition coefficient (Wildman–Crippen LogP) is 5.44. The lowest BCUT2D eigenvalue weighted by Gasteiger charge is -2.42. The number of fused-ring (bicyclic) bond motifs is 1. The van der Waals surface area contributed by atoms with Gasteiger partial charge in [-0.2, -0.15) is 0 Å². The second kappa shape index (κ2) is 11.0. The highest BCUT2D eigenvalue weighted by atomic mass is 32.2. The molecule has 0 bridgehead atoms. The van der Waals surface area contributed by atoms with E-state index in [-0.39, 0.29) is 35.9 Å². The number of para-hydroxylation sites is 1. The first-order valence-electron chi connectivity index (χ1n) is 13.8. The van der Waals surface area contributed by atoms with Crippen LogP contribution in [0, 0.1) is 25.7 Å². The van der Waals surface area contributed by atoms with Crippen LogP contribution in [-0.4, -0.2) is 51.5 Å². The first-order valence-corrected chi connectivity index (χ1v) is 15.0. The first kappa shape index (κ1) is 28.4. The van der Waals surface area contributed by atoms with E-state index < -0.39 is 19.0 Å². The van der Waals surface area contributed by atoms with Crippen LogP contribution in [0.15, 0.2) is 40.0 Å². The number of likely N-dealkylation sites (tertiary alicyclic amines) is 1. The lowest BCUT2D eigenvalue weighted by molar-refractivity contribution is -0.170. The van der Waals surface area contributed by atoms with Crippen molar-refractivity contribution in [2.75, 3.05) is 19.3 Å². The van der Waals surface area contributed by atoms with E-state index in [1.165, 1.54) is 16.7 Å². The maximum absolute atomic E-state index is 13.6. The third-order valence-electron chi connectivity index (χ3n) is 8.63. The molecule has 2 N–H and O–H groups in total. The number of carbonyl (C=O) groups is 2. The predicted molar refractivity (Wildman–Crippen MR) is 153 cm³/mol. The fraction of sp³-hybridized carbons (Fsp3) is 0.500. The number of amides is 2. The average Bonchev–Trinajstić information content (AvgIpc) is 3.21. The Morgan fingerprint density at radius 2 is 1.82 bits per heavy atom. The fourth-order valence-electron chi connectivity index (χ4n) is 6.48. The van der Waals surface area contributed by atoms with Crippen molar-refractivity contribution in [1.82, 2.24) is 19.8 Å². The van der Waals surface area contributed by atoms with Crippen molar-refractivity contribution in [1.29, 1.82) is 0 Å². The molecule has 2 aliphatic rings. The van der Waals surface area contributed by atoms with Gasteiger partial charge >= 0.3 is 0 Å². The highest BCUT2D eigenvalue weighted by Crippen LogP contribution is 2.41. The number of halogens is 2. The van der Waals surface area contributed by atoms with E-state index in [0.29, 0.717) is 29.9 Å². The van der Waals surface area contributed by atoms with Gasteiger partial charge in [0.15, 0.2) is 0 Å². The van der Waals surface area contributed by atoms with Gasteiger partial charge in [-0.1, -0.05) is 18.2 Å². The third kappa shape index (κ3) is 5.30. The van der Waals surface area contributed by atoms with E-state index in [4.69, 9.17) is 0 Å². The fourth-order valence-corrected chi connectivity index (χ4v) is 7.19.